The van der Waals surface area contributed by atoms with Crippen LogP contribution in [0.15, 0.2) is 0 Å². The first kappa shape index (κ1) is 17.5. The van der Waals surface area contributed by atoms with Crippen molar-refractivity contribution in [2.45, 2.75) is 57.9 Å². The number of aliphatic hydroxyl groups is 1. The molecule has 2 N–H and O–H groups in total. The second-order valence-corrected chi connectivity index (χ2v) is 7.15. The summed E-state index contributed by atoms with van der Waals surface area (Å²) in [6, 6.07) is 0.768. The highest BCUT2D eigenvalue weighted by molar-refractivity contribution is 5.74. The Morgan fingerprint density at radius 3 is 2.50 bits per heavy atom. The summed E-state index contributed by atoms with van der Waals surface area (Å²) in [4.78, 5) is 16.5. The predicted octanol–water partition coefficient (Wildman–Crippen LogP) is 2.05. The molecule has 0 aromatic rings. The maximum Gasteiger partial charge on any atom is 0.317 e. The van der Waals surface area contributed by atoms with Crippen molar-refractivity contribution >= 4 is 6.03 Å². The number of carbonyl (C=O) groups is 1. The van der Waals surface area contributed by atoms with Crippen LogP contribution in [0, 0.1) is 5.41 Å². The normalized spacial score (nSPS) is 22.3. The first-order valence-electron chi connectivity index (χ1n) is 8.94. The minimum Gasteiger partial charge on any atom is -0.396 e. The summed E-state index contributed by atoms with van der Waals surface area (Å²) in [5.41, 5.74) is 0.0411. The van der Waals surface area contributed by atoms with Crippen molar-refractivity contribution in [1.29, 1.82) is 0 Å². The average Bonchev–Trinajstić information content (AvgIpc) is 3.09. The third-order valence-electron chi connectivity index (χ3n) is 5.89. The molecule has 5 heteroatoms. The molecular formula is C17H33N3O2. The molecule has 2 aliphatic rings. The second kappa shape index (κ2) is 8.16. The van der Waals surface area contributed by atoms with Gasteiger partial charge in [0, 0.05) is 38.8 Å². The molecule has 1 saturated carbocycles. The third kappa shape index (κ3) is 4.35. The molecule has 1 heterocycles. The molecule has 22 heavy (non-hydrogen) atoms. The fraction of sp³-hybridized carbons (Fsp3) is 0.941. The Balaban J connectivity index is 1.65. The van der Waals surface area contributed by atoms with E-state index in [4.69, 9.17) is 0 Å². The lowest BCUT2D eigenvalue weighted by Gasteiger charge is -2.40. The maximum absolute atomic E-state index is 12.2. The van der Waals surface area contributed by atoms with Gasteiger partial charge in [-0.1, -0.05) is 19.8 Å². The van der Waals surface area contributed by atoms with Gasteiger partial charge in [0.2, 0.25) is 0 Å². The van der Waals surface area contributed by atoms with Crippen LogP contribution in [-0.2, 0) is 0 Å². The van der Waals surface area contributed by atoms with Crippen LogP contribution < -0.4 is 5.32 Å². The number of rotatable bonds is 6. The molecule has 0 bridgehead atoms. The quantitative estimate of drug-likeness (QED) is 0.789. The highest BCUT2D eigenvalue weighted by Gasteiger charge is 2.33. The highest BCUT2D eigenvalue weighted by atomic mass is 16.3. The van der Waals surface area contributed by atoms with Crippen LogP contribution >= 0.6 is 0 Å². The van der Waals surface area contributed by atoms with Gasteiger partial charge in [-0.15, -0.1) is 0 Å². The molecule has 0 unspecified atom stereocenters. The summed E-state index contributed by atoms with van der Waals surface area (Å²) in [5.74, 6) is 0. The molecule has 0 spiro atoms. The zero-order valence-corrected chi connectivity index (χ0v) is 14.3. The molecule has 5 nitrogen and oxygen atoms in total. The summed E-state index contributed by atoms with van der Waals surface area (Å²) < 4.78 is 0. The van der Waals surface area contributed by atoms with Gasteiger partial charge in [-0.25, -0.2) is 4.79 Å². The highest BCUT2D eigenvalue weighted by Crippen LogP contribution is 2.34. The summed E-state index contributed by atoms with van der Waals surface area (Å²) in [6.45, 7) is 5.55. The van der Waals surface area contributed by atoms with Crippen LogP contribution in [0.2, 0.25) is 0 Å². The summed E-state index contributed by atoms with van der Waals surface area (Å²) >= 11 is 0. The summed E-state index contributed by atoms with van der Waals surface area (Å²) in [6.07, 6.45) is 8.11. The number of piperidine rings is 1. The lowest BCUT2D eigenvalue weighted by atomic mass is 9.77. The van der Waals surface area contributed by atoms with Crippen molar-refractivity contribution in [3.05, 3.63) is 0 Å². The third-order valence-corrected chi connectivity index (χ3v) is 5.89. The number of nitrogens with zero attached hydrogens (tertiary/aromatic N) is 2. The van der Waals surface area contributed by atoms with E-state index < -0.39 is 0 Å². The van der Waals surface area contributed by atoms with E-state index in [1.165, 1.54) is 25.7 Å². The minimum atomic E-state index is 0.0411. The van der Waals surface area contributed by atoms with Crippen LogP contribution in [-0.4, -0.2) is 66.8 Å². The van der Waals surface area contributed by atoms with E-state index >= 15 is 0 Å². The van der Waals surface area contributed by atoms with Crippen molar-refractivity contribution in [3.8, 4) is 0 Å². The fourth-order valence-electron chi connectivity index (χ4n) is 3.79. The minimum absolute atomic E-state index is 0.0411. The smallest absolute Gasteiger partial charge is 0.317 e. The van der Waals surface area contributed by atoms with Crippen molar-refractivity contribution in [2.75, 3.05) is 39.8 Å². The van der Waals surface area contributed by atoms with Gasteiger partial charge in [-0.3, -0.25) is 0 Å². The van der Waals surface area contributed by atoms with Gasteiger partial charge in [-0.2, -0.15) is 0 Å². The molecule has 2 amide bonds. The van der Waals surface area contributed by atoms with E-state index in [1.807, 2.05) is 4.90 Å². The Labute approximate surface area is 135 Å². The van der Waals surface area contributed by atoms with Crippen molar-refractivity contribution in [2.24, 2.45) is 5.41 Å². The first-order chi connectivity index (χ1) is 10.6. The zero-order chi connectivity index (χ0) is 16.0. The second-order valence-electron chi connectivity index (χ2n) is 7.15. The number of likely N-dealkylation sites (tertiary alicyclic amines) is 1. The molecule has 2 rings (SSSR count). The molecular weight excluding hydrogens is 278 g/mol. The lowest BCUT2D eigenvalue weighted by Crippen LogP contribution is -2.49. The van der Waals surface area contributed by atoms with E-state index in [0.29, 0.717) is 6.04 Å². The number of amides is 2. The van der Waals surface area contributed by atoms with Gasteiger partial charge < -0.3 is 20.2 Å². The number of urea groups is 1. The number of nitrogens with one attached hydrogen (secondary N) is 1. The molecule has 0 aromatic carbocycles. The Kier molecular flexibility index (Phi) is 6.50. The predicted molar refractivity (Wildman–Crippen MR) is 88.9 cm³/mol. The molecule has 0 radical (unpaired) electrons. The first-order valence-corrected chi connectivity index (χ1v) is 8.94. The van der Waals surface area contributed by atoms with Gasteiger partial charge in [-0.05, 0) is 44.6 Å². The lowest BCUT2D eigenvalue weighted by molar-refractivity contribution is 0.0518. The van der Waals surface area contributed by atoms with Crippen LogP contribution in [0.4, 0.5) is 4.79 Å². The largest absolute Gasteiger partial charge is 0.396 e. The summed E-state index contributed by atoms with van der Waals surface area (Å²) in [5, 5.41) is 12.6. The van der Waals surface area contributed by atoms with Crippen molar-refractivity contribution < 1.29 is 9.90 Å². The molecule has 1 aliphatic heterocycles. The molecule has 1 aliphatic carbocycles. The maximum atomic E-state index is 12.2. The topological polar surface area (TPSA) is 55.8 Å². The van der Waals surface area contributed by atoms with Gasteiger partial charge in [0.25, 0.3) is 0 Å². The summed E-state index contributed by atoms with van der Waals surface area (Å²) in [7, 11) is 2.17. The standard InChI is InChI=1S/C17H33N3O2/c1-3-17(14-21)8-11-20(12-9-17)16(22)18-10-13-19(2)15-6-4-5-7-15/h15,21H,3-14H2,1-2H3,(H,18,22). The van der Waals surface area contributed by atoms with E-state index in [-0.39, 0.29) is 18.1 Å². The molecule has 0 atom stereocenters. The molecule has 128 valence electrons. The van der Waals surface area contributed by atoms with Crippen LogP contribution in [0.25, 0.3) is 0 Å². The number of hydrogen-bond acceptors (Lipinski definition) is 3. The molecule has 2 fully saturated rings. The number of carbonyl (C=O) groups excluding carboxylic acids is 1. The Bertz CT molecular complexity index is 342. The van der Waals surface area contributed by atoms with Crippen LogP contribution in [0.3, 0.4) is 0 Å². The van der Waals surface area contributed by atoms with Crippen molar-refractivity contribution in [1.82, 2.24) is 15.1 Å². The van der Waals surface area contributed by atoms with Gasteiger partial charge in [0.15, 0.2) is 0 Å². The van der Waals surface area contributed by atoms with Gasteiger partial charge in [0.1, 0.15) is 0 Å². The average molecular weight is 311 g/mol. The van der Waals surface area contributed by atoms with Crippen LogP contribution in [0.1, 0.15) is 51.9 Å². The number of hydrogen-bond donors (Lipinski definition) is 2. The number of likely N-dealkylation sites (N-methyl/N-ethyl adjacent to an activating group) is 1. The Hall–Kier alpha value is -0.810. The monoisotopic (exact) mass is 311 g/mol. The fourth-order valence-corrected chi connectivity index (χ4v) is 3.79. The number of aliphatic hydroxyl groups excluding tert-OH is 1. The van der Waals surface area contributed by atoms with Gasteiger partial charge in [0.05, 0.1) is 0 Å². The zero-order valence-electron chi connectivity index (χ0n) is 14.3. The van der Waals surface area contributed by atoms with E-state index in [0.717, 1.165) is 45.4 Å². The van der Waals surface area contributed by atoms with E-state index in [9.17, 15) is 9.90 Å². The van der Waals surface area contributed by atoms with E-state index in [2.05, 4.69) is 24.2 Å². The van der Waals surface area contributed by atoms with Gasteiger partial charge >= 0.3 is 6.03 Å². The SMILES string of the molecule is CCC1(CO)CCN(C(=O)NCCN(C)C2CCCC2)CC1. The Morgan fingerprint density at radius 1 is 1.32 bits per heavy atom. The van der Waals surface area contributed by atoms with E-state index in [1.54, 1.807) is 0 Å². The van der Waals surface area contributed by atoms with Crippen LogP contribution in [0.5, 0.6) is 0 Å². The molecule has 1 saturated heterocycles. The van der Waals surface area contributed by atoms with Crippen molar-refractivity contribution in [3.63, 3.8) is 0 Å². The Morgan fingerprint density at radius 2 is 1.95 bits per heavy atom. The molecule has 0 aromatic heterocycles.